The molecule has 0 unspecified atom stereocenters. The molecule has 0 aliphatic heterocycles. The van der Waals surface area contributed by atoms with Gasteiger partial charge in [-0.25, -0.2) is 0 Å². The molecule has 0 heterocycles. The smallest absolute Gasteiger partial charge is 0.242 e. The summed E-state index contributed by atoms with van der Waals surface area (Å²) in [6, 6.07) is -0.718. The zero-order valence-electron chi connectivity index (χ0n) is 19.7. The molecule has 2 atom stereocenters. The minimum atomic E-state index is -0.428. The Labute approximate surface area is 168 Å². The summed E-state index contributed by atoms with van der Waals surface area (Å²) in [7, 11) is 4.96. The van der Waals surface area contributed by atoms with Crippen molar-refractivity contribution in [1.82, 2.24) is 15.1 Å². The fourth-order valence-electron chi connectivity index (χ4n) is 2.38. The summed E-state index contributed by atoms with van der Waals surface area (Å²) >= 11 is 0. The number of carbonyl (C=O) groups excluding carboxylic acids is 3. The van der Waals surface area contributed by atoms with E-state index >= 15 is 0 Å². The van der Waals surface area contributed by atoms with Gasteiger partial charge in [0.2, 0.25) is 11.8 Å². The van der Waals surface area contributed by atoms with E-state index in [1.807, 2.05) is 34.6 Å². The first-order valence-electron chi connectivity index (χ1n) is 10.2. The van der Waals surface area contributed by atoms with Crippen LogP contribution in [-0.4, -0.2) is 67.2 Å². The lowest BCUT2D eigenvalue weighted by Crippen LogP contribution is -2.50. The molecule has 0 bridgehead atoms. The normalized spacial score (nSPS) is 12.0. The Hall–Kier alpha value is -1.43. The number of nitrogens with zero attached hydrogens (tertiary/aromatic N) is 2. The van der Waals surface area contributed by atoms with Crippen molar-refractivity contribution >= 4 is 17.6 Å². The van der Waals surface area contributed by atoms with E-state index in [1.54, 1.807) is 21.1 Å². The maximum absolute atomic E-state index is 12.3. The van der Waals surface area contributed by atoms with E-state index in [4.69, 9.17) is 0 Å². The van der Waals surface area contributed by atoms with Crippen LogP contribution < -0.4 is 5.32 Å². The molecule has 0 aromatic heterocycles. The van der Waals surface area contributed by atoms with Crippen molar-refractivity contribution in [3.63, 3.8) is 0 Å². The predicted octanol–water partition coefficient (Wildman–Crippen LogP) is 3.35. The molecular weight excluding hydrogens is 342 g/mol. The standard InChI is InChI=1S/C16H31N3O3.C3H8.C2H6/c1-8-13(17-5)16(22)18(6)10-15(21)19(7)14(12(4)20)9-11(2)3;1-3-2;1-2/h11,13-14,17H,8-10H2,1-7H3;3H2,1-2H3;1-2H3/t13-,14-;;/m0../s1. The van der Waals surface area contributed by atoms with Gasteiger partial charge in [-0.2, -0.15) is 0 Å². The summed E-state index contributed by atoms with van der Waals surface area (Å²) in [5.41, 5.74) is 0. The quantitative estimate of drug-likeness (QED) is 0.659. The highest BCUT2D eigenvalue weighted by Crippen LogP contribution is 2.12. The third-order valence-corrected chi connectivity index (χ3v) is 3.83. The van der Waals surface area contributed by atoms with Crippen molar-refractivity contribution in [2.24, 2.45) is 5.92 Å². The zero-order chi connectivity index (χ0) is 22.2. The molecule has 0 aromatic carbocycles. The molecule has 0 fully saturated rings. The average molecular weight is 388 g/mol. The molecule has 0 aliphatic rings. The van der Waals surface area contributed by atoms with Gasteiger partial charge in [0.05, 0.1) is 18.6 Å². The van der Waals surface area contributed by atoms with Crippen LogP contribution in [-0.2, 0) is 14.4 Å². The maximum atomic E-state index is 12.3. The highest BCUT2D eigenvalue weighted by molar-refractivity contribution is 5.90. The van der Waals surface area contributed by atoms with Gasteiger partial charge in [-0.15, -0.1) is 0 Å². The topological polar surface area (TPSA) is 69.7 Å². The third kappa shape index (κ3) is 13.4. The Bertz CT molecular complexity index is 407. The molecule has 0 rings (SSSR count). The first kappa shape index (κ1) is 30.3. The Balaban J connectivity index is -0.00000104. The Kier molecular flexibility index (Phi) is 20.2. The second-order valence-corrected chi connectivity index (χ2v) is 6.91. The number of carbonyl (C=O) groups is 3. The summed E-state index contributed by atoms with van der Waals surface area (Å²) < 4.78 is 0. The Morgan fingerprint density at radius 3 is 1.74 bits per heavy atom. The maximum Gasteiger partial charge on any atom is 0.242 e. The number of amides is 2. The van der Waals surface area contributed by atoms with Crippen LogP contribution in [0.1, 0.15) is 74.7 Å². The SMILES string of the molecule is CC.CCC.CC[C@H](NC)C(=O)N(C)CC(=O)N(C)[C@@H](CC(C)C)C(C)=O. The molecule has 0 aliphatic carbocycles. The van der Waals surface area contributed by atoms with E-state index in [0.717, 1.165) is 0 Å². The van der Waals surface area contributed by atoms with Gasteiger partial charge in [0.15, 0.2) is 5.78 Å². The van der Waals surface area contributed by atoms with Crippen LogP contribution in [0.2, 0.25) is 0 Å². The number of nitrogens with one attached hydrogen (secondary N) is 1. The molecule has 27 heavy (non-hydrogen) atoms. The third-order valence-electron chi connectivity index (χ3n) is 3.83. The van der Waals surface area contributed by atoms with E-state index in [-0.39, 0.29) is 30.2 Å². The van der Waals surface area contributed by atoms with Crippen molar-refractivity contribution in [2.45, 2.75) is 86.7 Å². The average Bonchev–Trinajstić information content (AvgIpc) is 2.61. The number of Topliss-reactive ketones (excluding diaryl/α,β-unsaturated/α-hetero) is 1. The first-order chi connectivity index (χ1) is 12.6. The monoisotopic (exact) mass is 387 g/mol. The van der Waals surface area contributed by atoms with Crippen molar-refractivity contribution in [1.29, 1.82) is 0 Å². The molecule has 0 saturated heterocycles. The molecule has 6 heteroatoms. The van der Waals surface area contributed by atoms with E-state index in [9.17, 15) is 14.4 Å². The van der Waals surface area contributed by atoms with Crippen LogP contribution in [0.4, 0.5) is 0 Å². The number of likely N-dealkylation sites (N-methyl/N-ethyl adjacent to an activating group) is 3. The van der Waals surface area contributed by atoms with E-state index < -0.39 is 6.04 Å². The number of hydrogen-bond acceptors (Lipinski definition) is 4. The van der Waals surface area contributed by atoms with E-state index in [1.165, 1.54) is 23.1 Å². The van der Waals surface area contributed by atoms with Gasteiger partial charge in [-0.1, -0.05) is 54.9 Å². The second kappa shape index (κ2) is 18.0. The van der Waals surface area contributed by atoms with Crippen LogP contribution >= 0.6 is 0 Å². The van der Waals surface area contributed by atoms with Crippen LogP contribution in [0.25, 0.3) is 0 Å². The van der Waals surface area contributed by atoms with Gasteiger partial charge in [0, 0.05) is 14.1 Å². The van der Waals surface area contributed by atoms with Crippen LogP contribution in [0, 0.1) is 5.92 Å². The number of rotatable bonds is 9. The molecule has 2 amide bonds. The molecule has 1 N–H and O–H groups in total. The van der Waals surface area contributed by atoms with Crippen LogP contribution in [0.15, 0.2) is 0 Å². The predicted molar refractivity (Wildman–Crippen MR) is 115 cm³/mol. The van der Waals surface area contributed by atoms with E-state index in [0.29, 0.717) is 18.8 Å². The minimum Gasteiger partial charge on any atom is -0.335 e. The van der Waals surface area contributed by atoms with Crippen molar-refractivity contribution in [3.05, 3.63) is 0 Å². The van der Waals surface area contributed by atoms with Gasteiger partial charge in [-0.05, 0) is 32.7 Å². The van der Waals surface area contributed by atoms with Gasteiger partial charge >= 0.3 is 0 Å². The largest absolute Gasteiger partial charge is 0.335 e. The van der Waals surface area contributed by atoms with E-state index in [2.05, 4.69) is 19.2 Å². The van der Waals surface area contributed by atoms with Crippen molar-refractivity contribution in [3.8, 4) is 0 Å². The lowest BCUT2D eigenvalue weighted by atomic mass is 9.99. The fraction of sp³-hybridized carbons (Fsp3) is 0.857. The van der Waals surface area contributed by atoms with Crippen molar-refractivity contribution < 1.29 is 14.4 Å². The zero-order valence-corrected chi connectivity index (χ0v) is 19.7. The minimum absolute atomic E-state index is 0.0185. The Morgan fingerprint density at radius 1 is 1.00 bits per heavy atom. The highest BCUT2D eigenvalue weighted by atomic mass is 16.2. The number of ketones is 1. The summed E-state index contributed by atoms with van der Waals surface area (Å²) in [5, 5.41) is 2.93. The van der Waals surface area contributed by atoms with Gasteiger partial charge < -0.3 is 15.1 Å². The van der Waals surface area contributed by atoms with Crippen LogP contribution in [0.3, 0.4) is 0 Å². The van der Waals surface area contributed by atoms with Crippen LogP contribution in [0.5, 0.6) is 0 Å². The molecule has 0 saturated carbocycles. The van der Waals surface area contributed by atoms with Gasteiger partial charge in [0.25, 0.3) is 0 Å². The first-order valence-corrected chi connectivity index (χ1v) is 10.2. The molecule has 6 nitrogen and oxygen atoms in total. The Morgan fingerprint density at radius 2 is 1.44 bits per heavy atom. The molecule has 0 spiro atoms. The fourth-order valence-corrected chi connectivity index (χ4v) is 2.38. The lowest BCUT2D eigenvalue weighted by Gasteiger charge is -2.30. The lowest BCUT2D eigenvalue weighted by molar-refractivity contribution is -0.143. The molecule has 0 radical (unpaired) electrons. The molecule has 0 aromatic rings. The number of hydrogen-bond donors (Lipinski definition) is 1. The second-order valence-electron chi connectivity index (χ2n) is 6.91. The highest BCUT2D eigenvalue weighted by Gasteiger charge is 2.27. The summed E-state index contributed by atoms with van der Waals surface area (Å²) in [6.07, 6.45) is 2.54. The summed E-state index contributed by atoms with van der Waals surface area (Å²) in [6.45, 7) is 15.7. The van der Waals surface area contributed by atoms with Gasteiger partial charge in [-0.3, -0.25) is 14.4 Å². The summed E-state index contributed by atoms with van der Waals surface area (Å²) in [5.74, 6) is -0.0462. The van der Waals surface area contributed by atoms with Gasteiger partial charge in [0.1, 0.15) is 0 Å². The summed E-state index contributed by atoms with van der Waals surface area (Å²) in [4.78, 5) is 39.2. The molecular formula is C21H45N3O3. The molecule has 162 valence electrons. The van der Waals surface area contributed by atoms with Crippen molar-refractivity contribution in [2.75, 3.05) is 27.7 Å².